The Hall–Kier alpha value is -0.610. The molecule has 0 radical (unpaired) electrons. The van der Waals surface area contributed by atoms with Crippen LogP contribution in [0.1, 0.15) is 19.3 Å². The van der Waals surface area contributed by atoms with E-state index >= 15 is 0 Å². The van der Waals surface area contributed by atoms with Crippen LogP contribution in [0.2, 0.25) is 0 Å². The van der Waals surface area contributed by atoms with Crippen LogP contribution in [-0.4, -0.2) is 55.5 Å². The fourth-order valence-electron chi connectivity index (χ4n) is 2.07. The summed E-state index contributed by atoms with van der Waals surface area (Å²) in [6.45, 7) is 3.03. The summed E-state index contributed by atoms with van der Waals surface area (Å²) < 4.78 is 0. The summed E-state index contributed by atoms with van der Waals surface area (Å²) in [5, 5.41) is 0. The molecule has 0 saturated carbocycles. The van der Waals surface area contributed by atoms with Gasteiger partial charge in [-0.15, -0.1) is 0 Å². The molecule has 1 aliphatic heterocycles. The first-order valence-electron chi connectivity index (χ1n) is 5.26. The lowest BCUT2D eigenvalue weighted by Gasteiger charge is -2.26. The molecule has 1 unspecified atom stereocenters. The molecule has 1 heterocycles. The van der Waals surface area contributed by atoms with Crippen LogP contribution in [0, 0.1) is 0 Å². The van der Waals surface area contributed by atoms with E-state index in [1.165, 1.54) is 12.8 Å². The third-order valence-corrected chi connectivity index (χ3v) is 2.72. The molecule has 0 aromatic carbocycles. The summed E-state index contributed by atoms with van der Waals surface area (Å²) in [6.07, 6.45) is 2.98. The molecular weight excluding hydrogens is 178 g/mol. The molecule has 1 atom stereocenters. The predicted octanol–water partition coefficient (Wildman–Crippen LogP) is -0.112. The molecule has 1 fully saturated rings. The van der Waals surface area contributed by atoms with E-state index in [2.05, 4.69) is 23.9 Å². The topological polar surface area (TPSA) is 49.6 Å². The molecule has 1 aliphatic rings. The van der Waals surface area contributed by atoms with Gasteiger partial charge in [0.1, 0.15) is 0 Å². The lowest BCUT2D eigenvalue weighted by atomic mass is 10.2. The molecular formula is C10H21N3O. The number of carbonyl (C=O) groups excluding carboxylic acids is 1. The van der Waals surface area contributed by atoms with Crippen molar-refractivity contribution in [3.05, 3.63) is 0 Å². The van der Waals surface area contributed by atoms with Gasteiger partial charge in [-0.3, -0.25) is 9.69 Å². The minimum Gasteiger partial charge on any atom is -0.370 e. The monoisotopic (exact) mass is 199 g/mol. The van der Waals surface area contributed by atoms with Crippen LogP contribution >= 0.6 is 0 Å². The Kier molecular flexibility index (Phi) is 4.35. The number of carbonyl (C=O) groups is 1. The highest BCUT2D eigenvalue weighted by molar-refractivity contribution is 5.73. The molecule has 0 aromatic rings. The Morgan fingerprint density at radius 3 is 2.86 bits per heavy atom. The molecule has 1 rings (SSSR count). The predicted molar refractivity (Wildman–Crippen MR) is 57.0 cm³/mol. The highest BCUT2D eigenvalue weighted by Crippen LogP contribution is 2.17. The molecule has 4 nitrogen and oxygen atoms in total. The average Bonchev–Trinajstić information content (AvgIpc) is 2.47. The second-order valence-corrected chi connectivity index (χ2v) is 4.31. The first-order valence-corrected chi connectivity index (χ1v) is 5.26. The minimum absolute atomic E-state index is 0.194. The molecule has 0 bridgehead atoms. The standard InChI is InChI=1S/C10H21N3O/c1-12(2)8-9-4-3-6-13(9)7-5-10(11)14/h9H,3-8H2,1-2H3,(H2,11,14). The zero-order chi connectivity index (χ0) is 10.6. The quantitative estimate of drug-likeness (QED) is 0.672. The van der Waals surface area contributed by atoms with Crippen molar-refractivity contribution in [2.75, 3.05) is 33.7 Å². The SMILES string of the molecule is CN(C)CC1CCCN1CCC(N)=O. The molecule has 0 aliphatic carbocycles. The summed E-state index contributed by atoms with van der Waals surface area (Å²) in [5.41, 5.74) is 5.14. The van der Waals surface area contributed by atoms with Gasteiger partial charge in [0.05, 0.1) is 0 Å². The number of amides is 1. The van der Waals surface area contributed by atoms with Crippen LogP contribution in [0.5, 0.6) is 0 Å². The van der Waals surface area contributed by atoms with E-state index in [-0.39, 0.29) is 5.91 Å². The van der Waals surface area contributed by atoms with Crippen molar-refractivity contribution in [2.45, 2.75) is 25.3 Å². The second-order valence-electron chi connectivity index (χ2n) is 4.31. The van der Waals surface area contributed by atoms with Gasteiger partial charge in [0.25, 0.3) is 0 Å². The fraction of sp³-hybridized carbons (Fsp3) is 0.900. The zero-order valence-corrected chi connectivity index (χ0v) is 9.20. The Morgan fingerprint density at radius 2 is 2.29 bits per heavy atom. The van der Waals surface area contributed by atoms with E-state index in [9.17, 15) is 4.79 Å². The molecule has 1 amide bonds. The smallest absolute Gasteiger partial charge is 0.218 e. The molecule has 82 valence electrons. The van der Waals surface area contributed by atoms with Gasteiger partial charge in [0, 0.05) is 25.6 Å². The van der Waals surface area contributed by atoms with E-state index < -0.39 is 0 Å². The number of primary amides is 1. The normalized spacial score (nSPS) is 23.2. The lowest BCUT2D eigenvalue weighted by molar-refractivity contribution is -0.118. The number of nitrogens with zero attached hydrogens (tertiary/aromatic N) is 2. The van der Waals surface area contributed by atoms with Gasteiger partial charge in [-0.2, -0.15) is 0 Å². The second kappa shape index (κ2) is 5.32. The van der Waals surface area contributed by atoms with Crippen LogP contribution in [0.4, 0.5) is 0 Å². The van der Waals surface area contributed by atoms with Gasteiger partial charge in [-0.05, 0) is 33.5 Å². The van der Waals surface area contributed by atoms with E-state index in [1.54, 1.807) is 0 Å². The molecule has 4 heteroatoms. The minimum atomic E-state index is -0.194. The Morgan fingerprint density at radius 1 is 1.57 bits per heavy atom. The van der Waals surface area contributed by atoms with E-state index in [0.29, 0.717) is 12.5 Å². The van der Waals surface area contributed by atoms with Crippen molar-refractivity contribution >= 4 is 5.91 Å². The number of nitrogens with two attached hydrogens (primary N) is 1. The van der Waals surface area contributed by atoms with Crippen molar-refractivity contribution < 1.29 is 4.79 Å². The van der Waals surface area contributed by atoms with E-state index in [1.807, 2.05) is 0 Å². The number of hydrogen-bond acceptors (Lipinski definition) is 3. The van der Waals surface area contributed by atoms with Crippen molar-refractivity contribution in [1.82, 2.24) is 9.80 Å². The Bertz CT molecular complexity index is 194. The first kappa shape index (κ1) is 11.5. The highest BCUT2D eigenvalue weighted by atomic mass is 16.1. The number of rotatable bonds is 5. The number of likely N-dealkylation sites (N-methyl/N-ethyl adjacent to an activating group) is 1. The van der Waals surface area contributed by atoms with Gasteiger partial charge in [0.2, 0.25) is 5.91 Å². The maximum atomic E-state index is 10.7. The lowest BCUT2D eigenvalue weighted by Crippen LogP contribution is -2.39. The van der Waals surface area contributed by atoms with Crippen molar-refractivity contribution in [1.29, 1.82) is 0 Å². The molecule has 1 saturated heterocycles. The van der Waals surface area contributed by atoms with Crippen molar-refractivity contribution in [2.24, 2.45) is 5.73 Å². The zero-order valence-electron chi connectivity index (χ0n) is 9.20. The van der Waals surface area contributed by atoms with Crippen LogP contribution in [0.3, 0.4) is 0 Å². The summed E-state index contributed by atoms with van der Waals surface area (Å²) in [5.74, 6) is -0.194. The Labute approximate surface area is 86.0 Å². The van der Waals surface area contributed by atoms with E-state index in [4.69, 9.17) is 5.73 Å². The van der Waals surface area contributed by atoms with Crippen LogP contribution < -0.4 is 5.73 Å². The molecule has 0 spiro atoms. The molecule has 14 heavy (non-hydrogen) atoms. The third-order valence-electron chi connectivity index (χ3n) is 2.72. The van der Waals surface area contributed by atoms with Gasteiger partial charge in [-0.1, -0.05) is 0 Å². The average molecular weight is 199 g/mol. The van der Waals surface area contributed by atoms with Gasteiger partial charge < -0.3 is 10.6 Å². The Balaban J connectivity index is 2.31. The summed E-state index contributed by atoms with van der Waals surface area (Å²) in [4.78, 5) is 15.3. The van der Waals surface area contributed by atoms with E-state index in [0.717, 1.165) is 19.6 Å². The fourth-order valence-corrected chi connectivity index (χ4v) is 2.07. The van der Waals surface area contributed by atoms with Gasteiger partial charge in [0.15, 0.2) is 0 Å². The summed E-state index contributed by atoms with van der Waals surface area (Å²) >= 11 is 0. The largest absolute Gasteiger partial charge is 0.370 e. The molecule has 0 aromatic heterocycles. The first-order chi connectivity index (χ1) is 6.59. The van der Waals surface area contributed by atoms with Crippen molar-refractivity contribution in [3.63, 3.8) is 0 Å². The number of likely N-dealkylation sites (tertiary alicyclic amines) is 1. The van der Waals surface area contributed by atoms with Gasteiger partial charge >= 0.3 is 0 Å². The maximum Gasteiger partial charge on any atom is 0.218 e. The van der Waals surface area contributed by atoms with Crippen LogP contribution in [-0.2, 0) is 4.79 Å². The third kappa shape index (κ3) is 3.64. The van der Waals surface area contributed by atoms with Crippen molar-refractivity contribution in [3.8, 4) is 0 Å². The number of hydrogen-bond donors (Lipinski definition) is 1. The van der Waals surface area contributed by atoms with Gasteiger partial charge in [-0.25, -0.2) is 0 Å². The van der Waals surface area contributed by atoms with Crippen LogP contribution in [0.15, 0.2) is 0 Å². The maximum absolute atomic E-state index is 10.7. The van der Waals surface area contributed by atoms with Crippen LogP contribution in [0.25, 0.3) is 0 Å². The molecule has 2 N–H and O–H groups in total. The summed E-state index contributed by atoms with van der Waals surface area (Å²) in [6, 6.07) is 0.615. The highest BCUT2D eigenvalue weighted by Gasteiger charge is 2.24. The summed E-state index contributed by atoms with van der Waals surface area (Å²) in [7, 11) is 4.18.